The molecule has 0 radical (unpaired) electrons. The first-order valence-corrected chi connectivity index (χ1v) is 9.83. The summed E-state index contributed by atoms with van der Waals surface area (Å²) in [6.07, 6.45) is 1.42. The Hall–Kier alpha value is -1.73. The first kappa shape index (κ1) is 21.0. The van der Waals surface area contributed by atoms with Gasteiger partial charge in [0, 0.05) is 29.1 Å². The van der Waals surface area contributed by atoms with Gasteiger partial charge < -0.3 is 10.0 Å². The van der Waals surface area contributed by atoms with Crippen molar-refractivity contribution in [2.24, 2.45) is 11.3 Å². The van der Waals surface area contributed by atoms with Crippen molar-refractivity contribution in [2.45, 2.75) is 52.1 Å². The lowest BCUT2D eigenvalue weighted by atomic mass is 9.68. The van der Waals surface area contributed by atoms with Crippen molar-refractivity contribution in [1.82, 2.24) is 15.1 Å². The summed E-state index contributed by atoms with van der Waals surface area (Å²) in [6.45, 7) is 5.58. The molecular weight excluding hydrogens is 388 g/mol. The van der Waals surface area contributed by atoms with Gasteiger partial charge >= 0.3 is 0 Å². The lowest BCUT2D eigenvalue weighted by Crippen LogP contribution is -2.44. The number of carbonyl (C=O) groups is 1. The van der Waals surface area contributed by atoms with Gasteiger partial charge in [-0.15, -0.1) is 0 Å². The van der Waals surface area contributed by atoms with E-state index in [0.717, 1.165) is 17.8 Å². The van der Waals surface area contributed by atoms with Crippen molar-refractivity contribution in [1.29, 1.82) is 0 Å². The number of nitrogens with zero attached hydrogens (tertiary/aromatic N) is 2. The summed E-state index contributed by atoms with van der Waals surface area (Å²) in [5.41, 5.74) is 0.948. The molecule has 1 aromatic carbocycles. The third kappa shape index (κ3) is 4.30. The Labute approximate surface area is 168 Å². The number of halogens is 3. The number of aliphatic hydroxyl groups is 1. The number of hydrogen-bond acceptors (Lipinski definition) is 3. The van der Waals surface area contributed by atoms with Gasteiger partial charge in [-0.2, -0.15) is 5.10 Å². The second kappa shape index (κ2) is 7.59. The molecule has 1 aliphatic heterocycles. The van der Waals surface area contributed by atoms with Crippen LogP contribution in [0.5, 0.6) is 0 Å². The minimum absolute atomic E-state index is 0.130. The monoisotopic (exact) mass is 413 g/mol. The summed E-state index contributed by atoms with van der Waals surface area (Å²) in [7, 11) is 0. The highest BCUT2D eigenvalue weighted by atomic mass is 35.5. The normalized spacial score (nSPS) is 17.9. The smallest absolute Gasteiger partial charge is 0.254 e. The number of carbonyl (C=O) groups excluding carboxylic acids is 1. The molecule has 2 heterocycles. The van der Waals surface area contributed by atoms with Gasteiger partial charge in [0.05, 0.1) is 24.2 Å². The van der Waals surface area contributed by atoms with Crippen LogP contribution in [0.1, 0.15) is 51.7 Å². The lowest BCUT2D eigenvalue weighted by Gasteiger charge is -2.43. The fraction of sp³-hybridized carbons (Fsp3) is 0.600. The number of nitrogens with one attached hydrogen (secondary N) is 1. The van der Waals surface area contributed by atoms with Gasteiger partial charge in [0.15, 0.2) is 0 Å². The standard InChI is InChI=1S/C20H26ClF2N3O2/c1-19(2,13-4-6-26(7-5-13)16(27)10-20(3,22)23)18(28)15-9-14(21)8-12-11-24-25-17(12)15/h8-9,11,13,18,28H,4-7,10H2,1-3H3,(H,24,25)/t18-/m1/s1. The van der Waals surface area contributed by atoms with E-state index in [1.54, 1.807) is 18.3 Å². The maximum absolute atomic E-state index is 13.1. The van der Waals surface area contributed by atoms with E-state index in [9.17, 15) is 18.7 Å². The summed E-state index contributed by atoms with van der Waals surface area (Å²) in [5, 5.41) is 19.5. The number of H-pyrrole nitrogens is 1. The highest BCUT2D eigenvalue weighted by Crippen LogP contribution is 2.46. The van der Waals surface area contributed by atoms with Crippen LogP contribution < -0.4 is 0 Å². The molecule has 0 unspecified atom stereocenters. The van der Waals surface area contributed by atoms with Crippen molar-refractivity contribution in [2.75, 3.05) is 13.1 Å². The zero-order valence-corrected chi connectivity index (χ0v) is 17.1. The number of fused-ring (bicyclic) bond motifs is 1. The maximum atomic E-state index is 13.1. The first-order valence-electron chi connectivity index (χ1n) is 9.45. The van der Waals surface area contributed by atoms with Crippen LogP contribution in [0.15, 0.2) is 18.3 Å². The number of alkyl halides is 2. The molecule has 1 aromatic heterocycles. The molecule has 1 saturated heterocycles. The van der Waals surface area contributed by atoms with Crippen LogP contribution in [-0.4, -0.2) is 45.1 Å². The number of hydrogen-bond donors (Lipinski definition) is 2. The van der Waals surface area contributed by atoms with Crippen molar-refractivity contribution in [3.8, 4) is 0 Å². The summed E-state index contributed by atoms with van der Waals surface area (Å²) in [4.78, 5) is 13.6. The van der Waals surface area contributed by atoms with Gasteiger partial charge in [0.25, 0.3) is 5.92 Å². The van der Waals surface area contributed by atoms with E-state index in [1.165, 1.54) is 4.90 Å². The van der Waals surface area contributed by atoms with Crippen molar-refractivity contribution in [3.05, 3.63) is 28.9 Å². The van der Waals surface area contributed by atoms with E-state index in [0.29, 0.717) is 36.5 Å². The number of likely N-dealkylation sites (tertiary alicyclic amines) is 1. The molecule has 1 atom stereocenters. The maximum Gasteiger partial charge on any atom is 0.254 e. The third-order valence-corrected chi connectivity index (χ3v) is 6.12. The lowest BCUT2D eigenvalue weighted by molar-refractivity contribution is -0.140. The molecule has 0 saturated carbocycles. The van der Waals surface area contributed by atoms with Crippen molar-refractivity contribution < 1.29 is 18.7 Å². The molecule has 8 heteroatoms. The van der Waals surface area contributed by atoms with Crippen LogP contribution in [0.4, 0.5) is 8.78 Å². The zero-order chi connectivity index (χ0) is 20.7. The number of aliphatic hydroxyl groups excluding tert-OH is 1. The summed E-state index contributed by atoms with van der Waals surface area (Å²) in [6, 6.07) is 3.54. The quantitative estimate of drug-likeness (QED) is 0.754. The Bertz CT molecular complexity index is 855. The van der Waals surface area contributed by atoms with Crippen LogP contribution >= 0.6 is 11.6 Å². The van der Waals surface area contributed by atoms with E-state index >= 15 is 0 Å². The molecule has 0 bridgehead atoms. The average molecular weight is 414 g/mol. The van der Waals surface area contributed by atoms with Gasteiger partial charge in [0.1, 0.15) is 0 Å². The summed E-state index contributed by atoms with van der Waals surface area (Å²) in [5.74, 6) is -3.38. The number of piperidine rings is 1. The SMILES string of the molecule is CC(F)(F)CC(=O)N1CCC(C(C)(C)[C@H](O)c2cc(Cl)cc3cn[nH]c23)CC1. The molecule has 3 rings (SSSR count). The molecule has 28 heavy (non-hydrogen) atoms. The van der Waals surface area contributed by atoms with Crippen molar-refractivity contribution in [3.63, 3.8) is 0 Å². The Kier molecular flexibility index (Phi) is 5.69. The number of aromatic nitrogens is 2. The molecule has 0 spiro atoms. The zero-order valence-electron chi connectivity index (χ0n) is 16.3. The Morgan fingerprint density at radius 2 is 2.00 bits per heavy atom. The van der Waals surface area contributed by atoms with E-state index in [-0.39, 0.29) is 5.92 Å². The van der Waals surface area contributed by atoms with Gasteiger partial charge in [-0.05, 0) is 43.2 Å². The van der Waals surface area contributed by atoms with E-state index in [1.807, 2.05) is 13.8 Å². The molecule has 2 aromatic rings. The van der Waals surface area contributed by atoms with Crippen LogP contribution in [-0.2, 0) is 4.79 Å². The molecule has 1 amide bonds. The molecule has 2 N–H and O–H groups in total. The van der Waals surface area contributed by atoms with Crippen LogP contribution in [0.3, 0.4) is 0 Å². The van der Waals surface area contributed by atoms with Gasteiger partial charge in [-0.1, -0.05) is 25.4 Å². The fourth-order valence-electron chi connectivity index (χ4n) is 4.14. The first-order chi connectivity index (χ1) is 13.0. The number of amides is 1. The number of rotatable bonds is 5. The number of aromatic amines is 1. The Morgan fingerprint density at radius 3 is 2.61 bits per heavy atom. The van der Waals surface area contributed by atoms with Crippen LogP contribution in [0, 0.1) is 11.3 Å². The van der Waals surface area contributed by atoms with Crippen LogP contribution in [0.25, 0.3) is 10.9 Å². The van der Waals surface area contributed by atoms with E-state index in [4.69, 9.17) is 11.6 Å². The number of benzene rings is 1. The second-order valence-corrected chi connectivity index (χ2v) is 8.89. The fourth-order valence-corrected chi connectivity index (χ4v) is 4.37. The largest absolute Gasteiger partial charge is 0.388 e. The van der Waals surface area contributed by atoms with E-state index < -0.39 is 29.8 Å². The average Bonchev–Trinajstić information content (AvgIpc) is 3.07. The predicted molar refractivity (Wildman–Crippen MR) is 104 cm³/mol. The summed E-state index contributed by atoms with van der Waals surface area (Å²) >= 11 is 6.21. The Morgan fingerprint density at radius 1 is 1.36 bits per heavy atom. The minimum Gasteiger partial charge on any atom is -0.388 e. The Balaban J connectivity index is 1.73. The molecule has 0 aliphatic carbocycles. The molecule has 1 fully saturated rings. The molecule has 1 aliphatic rings. The second-order valence-electron chi connectivity index (χ2n) is 8.46. The predicted octanol–water partition coefficient (Wildman–Crippen LogP) is 4.56. The van der Waals surface area contributed by atoms with Gasteiger partial charge in [-0.3, -0.25) is 9.89 Å². The molecular formula is C20H26ClF2N3O2. The molecule has 5 nitrogen and oxygen atoms in total. The highest BCUT2D eigenvalue weighted by Gasteiger charge is 2.41. The van der Waals surface area contributed by atoms with Crippen molar-refractivity contribution >= 4 is 28.4 Å². The van der Waals surface area contributed by atoms with Crippen LogP contribution in [0.2, 0.25) is 5.02 Å². The highest BCUT2D eigenvalue weighted by molar-refractivity contribution is 6.31. The van der Waals surface area contributed by atoms with E-state index in [2.05, 4.69) is 10.2 Å². The summed E-state index contributed by atoms with van der Waals surface area (Å²) < 4.78 is 26.2. The minimum atomic E-state index is -2.99. The third-order valence-electron chi connectivity index (χ3n) is 5.90. The van der Waals surface area contributed by atoms with Gasteiger partial charge in [-0.25, -0.2) is 8.78 Å². The topological polar surface area (TPSA) is 69.2 Å². The van der Waals surface area contributed by atoms with Gasteiger partial charge in [0.2, 0.25) is 5.91 Å². The molecule has 154 valence electrons.